The standard InChI is InChI=1S/C32H22Cl2N2O4/c33-25-17-27(35-31(39)23-15-7-13-21(29(23)37)19-9-3-1-4-10-19)28(18-26(25)34)36-32(40)24-16-8-14-22(30(24)38)20-11-5-2-6-12-20/h1-18,37-38H,(H,35,39)(H,36,40). The van der Waals surface area contributed by atoms with Gasteiger partial charge in [-0.3, -0.25) is 9.59 Å². The fourth-order valence-corrected chi connectivity index (χ4v) is 4.62. The van der Waals surface area contributed by atoms with Gasteiger partial charge >= 0.3 is 0 Å². The van der Waals surface area contributed by atoms with Crippen molar-refractivity contribution in [2.75, 3.05) is 10.6 Å². The quantitative estimate of drug-likeness (QED) is 0.166. The zero-order valence-corrected chi connectivity index (χ0v) is 22.4. The van der Waals surface area contributed by atoms with E-state index in [1.807, 2.05) is 60.7 Å². The minimum absolute atomic E-state index is 0.0258. The van der Waals surface area contributed by atoms with E-state index < -0.39 is 11.8 Å². The first-order valence-corrected chi connectivity index (χ1v) is 13.0. The molecule has 0 aliphatic heterocycles. The number of amides is 2. The normalized spacial score (nSPS) is 10.7. The van der Waals surface area contributed by atoms with Gasteiger partial charge in [-0.2, -0.15) is 0 Å². The molecular formula is C32H22Cl2N2O4. The van der Waals surface area contributed by atoms with Crippen molar-refractivity contribution < 1.29 is 19.8 Å². The zero-order chi connectivity index (χ0) is 28.2. The molecule has 6 nitrogen and oxygen atoms in total. The molecular weight excluding hydrogens is 547 g/mol. The number of anilines is 2. The Hall–Kier alpha value is -4.78. The molecule has 5 rings (SSSR count). The number of carbonyl (C=O) groups excluding carboxylic acids is 2. The summed E-state index contributed by atoms with van der Waals surface area (Å²) < 4.78 is 0. The van der Waals surface area contributed by atoms with Gasteiger partial charge < -0.3 is 20.8 Å². The number of hydrogen-bond acceptors (Lipinski definition) is 4. The fraction of sp³-hybridized carbons (Fsp3) is 0. The molecule has 0 atom stereocenters. The first-order valence-electron chi connectivity index (χ1n) is 12.2. The monoisotopic (exact) mass is 568 g/mol. The number of nitrogens with one attached hydrogen (secondary N) is 2. The minimum Gasteiger partial charge on any atom is -0.506 e. The third-order valence-electron chi connectivity index (χ3n) is 6.29. The second-order valence-electron chi connectivity index (χ2n) is 8.86. The van der Waals surface area contributed by atoms with E-state index in [1.54, 1.807) is 24.3 Å². The summed E-state index contributed by atoms with van der Waals surface area (Å²) in [4.78, 5) is 26.6. The van der Waals surface area contributed by atoms with Gasteiger partial charge in [0.1, 0.15) is 11.5 Å². The Morgan fingerprint density at radius 1 is 0.525 bits per heavy atom. The molecule has 4 N–H and O–H groups in total. The maximum absolute atomic E-state index is 13.3. The number of aromatic hydroxyl groups is 2. The number of phenolic OH excluding ortho intramolecular Hbond substituents is 2. The molecule has 0 unspecified atom stereocenters. The zero-order valence-electron chi connectivity index (χ0n) is 20.9. The molecule has 0 aromatic heterocycles. The van der Waals surface area contributed by atoms with Crippen LogP contribution in [0.2, 0.25) is 10.0 Å². The summed E-state index contributed by atoms with van der Waals surface area (Å²) in [5, 5.41) is 27.5. The lowest BCUT2D eigenvalue weighted by molar-refractivity contribution is 0.101. The van der Waals surface area contributed by atoms with Gasteiger partial charge in [0.25, 0.3) is 11.8 Å². The minimum atomic E-state index is -0.627. The lowest BCUT2D eigenvalue weighted by Gasteiger charge is -2.16. The highest BCUT2D eigenvalue weighted by atomic mass is 35.5. The predicted octanol–water partition coefficient (Wildman–Crippen LogP) is 8.24. The summed E-state index contributed by atoms with van der Waals surface area (Å²) in [5.41, 5.74) is 2.82. The SMILES string of the molecule is O=C(Nc1cc(Cl)c(Cl)cc1NC(=O)c1cccc(-c2ccccc2)c1O)c1cccc(-c2ccccc2)c1O. The fourth-order valence-electron chi connectivity index (χ4n) is 4.29. The van der Waals surface area contributed by atoms with Crippen LogP contribution in [0.5, 0.6) is 11.5 Å². The van der Waals surface area contributed by atoms with Crippen LogP contribution in [0.25, 0.3) is 22.3 Å². The second-order valence-corrected chi connectivity index (χ2v) is 9.67. The Morgan fingerprint density at radius 3 is 1.27 bits per heavy atom. The van der Waals surface area contributed by atoms with E-state index in [0.717, 1.165) is 11.1 Å². The topological polar surface area (TPSA) is 98.7 Å². The third kappa shape index (κ3) is 5.50. The van der Waals surface area contributed by atoms with E-state index in [2.05, 4.69) is 10.6 Å². The summed E-state index contributed by atoms with van der Waals surface area (Å²) in [6, 6.07) is 30.9. The van der Waals surface area contributed by atoms with Crippen molar-refractivity contribution in [3.8, 4) is 33.8 Å². The number of para-hydroxylation sites is 2. The lowest BCUT2D eigenvalue weighted by atomic mass is 10.0. The van der Waals surface area contributed by atoms with Crippen LogP contribution in [0.1, 0.15) is 20.7 Å². The number of hydrogen-bond donors (Lipinski definition) is 4. The summed E-state index contributed by atoms with van der Waals surface area (Å²) in [5.74, 6) is -1.64. The molecule has 40 heavy (non-hydrogen) atoms. The maximum Gasteiger partial charge on any atom is 0.259 e. The summed E-state index contributed by atoms with van der Waals surface area (Å²) in [7, 11) is 0. The third-order valence-corrected chi connectivity index (χ3v) is 7.01. The molecule has 0 heterocycles. The molecule has 5 aromatic rings. The van der Waals surface area contributed by atoms with E-state index in [4.69, 9.17) is 23.2 Å². The predicted molar refractivity (Wildman–Crippen MR) is 159 cm³/mol. The van der Waals surface area contributed by atoms with E-state index in [1.165, 1.54) is 24.3 Å². The Bertz CT molecular complexity index is 1600. The molecule has 0 radical (unpaired) electrons. The van der Waals surface area contributed by atoms with E-state index in [-0.39, 0.29) is 44.0 Å². The van der Waals surface area contributed by atoms with Crippen LogP contribution in [0.4, 0.5) is 11.4 Å². The van der Waals surface area contributed by atoms with Crippen molar-refractivity contribution in [3.05, 3.63) is 130 Å². The highest BCUT2D eigenvalue weighted by Crippen LogP contribution is 2.37. The average molecular weight is 569 g/mol. The smallest absolute Gasteiger partial charge is 0.259 e. The van der Waals surface area contributed by atoms with E-state index in [9.17, 15) is 19.8 Å². The van der Waals surface area contributed by atoms with Gasteiger partial charge in [0.2, 0.25) is 0 Å². The van der Waals surface area contributed by atoms with Crippen LogP contribution < -0.4 is 10.6 Å². The maximum atomic E-state index is 13.3. The van der Waals surface area contributed by atoms with Gasteiger partial charge in [0.05, 0.1) is 32.5 Å². The number of benzene rings is 5. The molecule has 8 heteroatoms. The van der Waals surface area contributed by atoms with Crippen LogP contribution in [0, 0.1) is 0 Å². The van der Waals surface area contributed by atoms with Gasteiger partial charge in [0.15, 0.2) is 0 Å². The van der Waals surface area contributed by atoms with Crippen molar-refractivity contribution >= 4 is 46.4 Å². The van der Waals surface area contributed by atoms with Crippen LogP contribution in [-0.2, 0) is 0 Å². The molecule has 0 saturated carbocycles. The largest absolute Gasteiger partial charge is 0.506 e. The molecule has 5 aromatic carbocycles. The Kier molecular flexibility index (Phi) is 7.73. The van der Waals surface area contributed by atoms with Crippen LogP contribution in [0.15, 0.2) is 109 Å². The van der Waals surface area contributed by atoms with Crippen molar-refractivity contribution in [1.82, 2.24) is 0 Å². The Balaban J connectivity index is 1.45. The second kappa shape index (κ2) is 11.5. The van der Waals surface area contributed by atoms with E-state index in [0.29, 0.717) is 11.1 Å². The first kappa shape index (κ1) is 26.8. The summed E-state index contributed by atoms with van der Waals surface area (Å²) >= 11 is 12.5. The number of rotatable bonds is 6. The van der Waals surface area contributed by atoms with Gasteiger partial charge in [-0.1, -0.05) is 108 Å². The van der Waals surface area contributed by atoms with Gasteiger partial charge in [0, 0.05) is 11.1 Å². The van der Waals surface area contributed by atoms with Gasteiger partial charge in [-0.15, -0.1) is 0 Å². The molecule has 2 amide bonds. The van der Waals surface area contributed by atoms with Gasteiger partial charge in [-0.25, -0.2) is 0 Å². The lowest BCUT2D eigenvalue weighted by Crippen LogP contribution is -2.17. The van der Waals surface area contributed by atoms with Crippen molar-refractivity contribution in [2.24, 2.45) is 0 Å². The first-order chi connectivity index (χ1) is 19.3. The number of halogens is 2. The van der Waals surface area contributed by atoms with Crippen molar-refractivity contribution in [1.29, 1.82) is 0 Å². The molecule has 0 fully saturated rings. The average Bonchev–Trinajstić information content (AvgIpc) is 2.96. The number of phenols is 2. The highest BCUT2D eigenvalue weighted by molar-refractivity contribution is 6.42. The summed E-state index contributed by atoms with van der Waals surface area (Å²) in [6.07, 6.45) is 0. The molecule has 198 valence electrons. The summed E-state index contributed by atoms with van der Waals surface area (Å²) in [6.45, 7) is 0. The van der Waals surface area contributed by atoms with Crippen LogP contribution in [0.3, 0.4) is 0 Å². The Morgan fingerprint density at radius 2 is 0.900 bits per heavy atom. The van der Waals surface area contributed by atoms with Crippen LogP contribution in [-0.4, -0.2) is 22.0 Å². The molecule has 0 bridgehead atoms. The van der Waals surface area contributed by atoms with Crippen LogP contribution >= 0.6 is 23.2 Å². The van der Waals surface area contributed by atoms with E-state index >= 15 is 0 Å². The highest BCUT2D eigenvalue weighted by Gasteiger charge is 2.21. The van der Waals surface area contributed by atoms with Gasteiger partial charge in [-0.05, 0) is 35.4 Å². The molecule has 0 aliphatic rings. The molecule has 0 aliphatic carbocycles. The molecule has 0 saturated heterocycles. The number of carbonyl (C=O) groups is 2. The molecule has 0 spiro atoms. The van der Waals surface area contributed by atoms with Crippen molar-refractivity contribution in [3.63, 3.8) is 0 Å². The van der Waals surface area contributed by atoms with Crippen molar-refractivity contribution in [2.45, 2.75) is 0 Å². The Labute approximate surface area is 240 Å².